The first-order valence-corrected chi connectivity index (χ1v) is 4.93. The minimum absolute atomic E-state index is 0.0424. The summed E-state index contributed by atoms with van der Waals surface area (Å²) in [6.45, 7) is 7.45. The van der Waals surface area contributed by atoms with Gasteiger partial charge < -0.3 is 15.8 Å². The van der Waals surface area contributed by atoms with Crippen molar-refractivity contribution in [2.45, 2.75) is 40.2 Å². The Labute approximate surface area is 90.9 Å². The first kappa shape index (κ1) is 13.7. The van der Waals surface area contributed by atoms with Crippen LogP contribution in [0.15, 0.2) is 5.16 Å². The molecule has 5 heteroatoms. The van der Waals surface area contributed by atoms with Crippen molar-refractivity contribution in [3.63, 3.8) is 0 Å². The van der Waals surface area contributed by atoms with Gasteiger partial charge in [-0.25, -0.2) is 0 Å². The summed E-state index contributed by atoms with van der Waals surface area (Å²) < 4.78 is 0. The largest absolute Gasteiger partial charge is 0.409 e. The third-order valence-electron chi connectivity index (χ3n) is 2.26. The van der Waals surface area contributed by atoms with Crippen molar-refractivity contribution in [3.05, 3.63) is 0 Å². The molecule has 0 heterocycles. The molecule has 1 amide bonds. The van der Waals surface area contributed by atoms with Gasteiger partial charge in [-0.15, -0.1) is 0 Å². The summed E-state index contributed by atoms with van der Waals surface area (Å²) in [6.07, 6.45) is 0.370. The second-order valence-corrected chi connectivity index (χ2v) is 4.81. The van der Waals surface area contributed by atoms with E-state index in [0.29, 0.717) is 6.42 Å². The molecule has 0 bridgehead atoms. The van der Waals surface area contributed by atoms with E-state index in [-0.39, 0.29) is 17.8 Å². The second kappa shape index (κ2) is 5.00. The Morgan fingerprint density at radius 1 is 1.53 bits per heavy atom. The fourth-order valence-corrected chi connectivity index (χ4v) is 1.21. The molecule has 0 aromatic carbocycles. The van der Waals surface area contributed by atoms with Gasteiger partial charge in [0.2, 0.25) is 5.91 Å². The molecule has 0 fully saturated rings. The number of carbonyl (C=O) groups is 1. The van der Waals surface area contributed by atoms with Gasteiger partial charge in [0.15, 0.2) is 0 Å². The van der Waals surface area contributed by atoms with Crippen molar-refractivity contribution in [1.29, 1.82) is 0 Å². The number of oxime groups is 1. The average molecular weight is 215 g/mol. The van der Waals surface area contributed by atoms with Crippen LogP contribution in [0.1, 0.15) is 34.1 Å². The molecule has 0 saturated carbocycles. The summed E-state index contributed by atoms with van der Waals surface area (Å²) in [6, 6.07) is -0.0763. The number of carbonyl (C=O) groups excluding carboxylic acids is 1. The highest BCUT2D eigenvalue weighted by atomic mass is 16.4. The predicted octanol–water partition coefficient (Wildman–Crippen LogP) is 1.02. The molecule has 0 aliphatic carbocycles. The maximum atomic E-state index is 11.9. The van der Waals surface area contributed by atoms with Crippen molar-refractivity contribution in [1.82, 2.24) is 4.90 Å². The molecule has 0 spiro atoms. The highest BCUT2D eigenvalue weighted by Gasteiger charge is 2.27. The molecule has 0 aliphatic heterocycles. The van der Waals surface area contributed by atoms with Crippen molar-refractivity contribution in [2.75, 3.05) is 7.05 Å². The minimum atomic E-state index is -0.409. The van der Waals surface area contributed by atoms with Crippen LogP contribution < -0.4 is 5.73 Å². The number of amidine groups is 1. The van der Waals surface area contributed by atoms with E-state index in [1.165, 1.54) is 0 Å². The summed E-state index contributed by atoms with van der Waals surface area (Å²) in [5, 5.41) is 11.3. The lowest BCUT2D eigenvalue weighted by molar-refractivity contribution is -0.139. The van der Waals surface area contributed by atoms with Gasteiger partial charge in [0.25, 0.3) is 0 Å². The molecule has 0 saturated heterocycles. The molecule has 0 radical (unpaired) electrons. The molecular formula is C10H21N3O2. The van der Waals surface area contributed by atoms with Gasteiger partial charge in [-0.05, 0) is 6.92 Å². The molecule has 0 rings (SSSR count). The highest BCUT2D eigenvalue weighted by Crippen LogP contribution is 2.18. The van der Waals surface area contributed by atoms with Crippen molar-refractivity contribution >= 4 is 11.7 Å². The average Bonchev–Trinajstić information content (AvgIpc) is 2.13. The fourth-order valence-electron chi connectivity index (χ4n) is 1.21. The van der Waals surface area contributed by atoms with Crippen LogP contribution in [0.5, 0.6) is 0 Å². The Morgan fingerprint density at radius 2 is 2.00 bits per heavy atom. The van der Waals surface area contributed by atoms with E-state index in [0.717, 1.165) is 0 Å². The molecule has 1 atom stereocenters. The predicted molar refractivity (Wildman–Crippen MR) is 59.7 cm³/mol. The van der Waals surface area contributed by atoms with E-state index in [2.05, 4.69) is 5.16 Å². The second-order valence-electron chi connectivity index (χ2n) is 4.81. The third kappa shape index (κ3) is 4.18. The standard InChI is InChI=1S/C10H21N3O2/c1-7(6-8(11)12-15)13(5)9(14)10(2,3)4/h7,15H,6H2,1-5H3,(H2,11,12). The molecule has 0 aromatic heterocycles. The van der Waals surface area contributed by atoms with E-state index in [9.17, 15) is 4.79 Å². The van der Waals surface area contributed by atoms with Gasteiger partial charge in [0.1, 0.15) is 5.84 Å². The van der Waals surface area contributed by atoms with Crippen LogP contribution >= 0.6 is 0 Å². The summed E-state index contributed by atoms with van der Waals surface area (Å²) in [7, 11) is 1.73. The number of hydrogen-bond donors (Lipinski definition) is 2. The Hall–Kier alpha value is -1.26. The molecule has 1 unspecified atom stereocenters. The van der Waals surface area contributed by atoms with Crippen LogP contribution in [0.4, 0.5) is 0 Å². The number of nitrogens with two attached hydrogens (primary N) is 1. The molecule has 88 valence electrons. The minimum Gasteiger partial charge on any atom is -0.409 e. The lowest BCUT2D eigenvalue weighted by Gasteiger charge is -2.30. The van der Waals surface area contributed by atoms with Gasteiger partial charge in [0.05, 0.1) is 0 Å². The summed E-state index contributed by atoms with van der Waals surface area (Å²) in [5.74, 6) is 0.178. The normalized spacial score (nSPS) is 14.9. The third-order valence-corrected chi connectivity index (χ3v) is 2.26. The van der Waals surface area contributed by atoms with Gasteiger partial charge in [0, 0.05) is 24.9 Å². The molecule has 0 aliphatic rings. The van der Waals surface area contributed by atoms with Crippen molar-refractivity contribution in [3.8, 4) is 0 Å². The van der Waals surface area contributed by atoms with Crippen molar-refractivity contribution in [2.24, 2.45) is 16.3 Å². The number of amides is 1. The molecule has 5 nitrogen and oxygen atoms in total. The summed E-state index contributed by atoms with van der Waals surface area (Å²) in [4.78, 5) is 13.5. The summed E-state index contributed by atoms with van der Waals surface area (Å²) >= 11 is 0. The SMILES string of the molecule is CC(CC(N)=NO)N(C)C(=O)C(C)(C)C. The summed E-state index contributed by atoms with van der Waals surface area (Å²) in [5.41, 5.74) is 4.97. The first-order valence-electron chi connectivity index (χ1n) is 4.93. The molecular weight excluding hydrogens is 194 g/mol. The Kier molecular flexibility index (Phi) is 4.58. The molecule has 15 heavy (non-hydrogen) atoms. The lowest BCUT2D eigenvalue weighted by atomic mass is 9.94. The molecule has 3 N–H and O–H groups in total. The van der Waals surface area contributed by atoms with E-state index in [4.69, 9.17) is 10.9 Å². The van der Waals surface area contributed by atoms with Gasteiger partial charge in [-0.1, -0.05) is 25.9 Å². The van der Waals surface area contributed by atoms with E-state index in [1.807, 2.05) is 27.7 Å². The highest BCUT2D eigenvalue weighted by molar-refractivity contribution is 5.84. The molecule has 0 aromatic rings. The maximum Gasteiger partial charge on any atom is 0.227 e. The maximum absolute atomic E-state index is 11.9. The monoisotopic (exact) mass is 215 g/mol. The zero-order valence-electron chi connectivity index (χ0n) is 10.1. The quantitative estimate of drug-likeness (QED) is 0.319. The van der Waals surface area contributed by atoms with E-state index < -0.39 is 5.41 Å². The van der Waals surface area contributed by atoms with Gasteiger partial charge in [-0.2, -0.15) is 0 Å². The number of nitrogens with zero attached hydrogens (tertiary/aromatic N) is 2. The zero-order chi connectivity index (χ0) is 12.2. The first-order chi connectivity index (χ1) is 6.70. The zero-order valence-corrected chi connectivity index (χ0v) is 10.1. The fraction of sp³-hybridized carbons (Fsp3) is 0.800. The Morgan fingerprint density at radius 3 is 2.33 bits per heavy atom. The van der Waals surface area contributed by atoms with Gasteiger partial charge in [-0.3, -0.25) is 4.79 Å². The smallest absolute Gasteiger partial charge is 0.227 e. The topological polar surface area (TPSA) is 78.9 Å². The number of rotatable bonds is 3. The van der Waals surface area contributed by atoms with Gasteiger partial charge >= 0.3 is 0 Å². The number of hydrogen-bond acceptors (Lipinski definition) is 3. The van der Waals surface area contributed by atoms with Crippen LogP contribution in [-0.4, -0.2) is 34.9 Å². The van der Waals surface area contributed by atoms with E-state index in [1.54, 1.807) is 11.9 Å². The van der Waals surface area contributed by atoms with Crippen LogP contribution in [-0.2, 0) is 4.79 Å². The Bertz CT molecular complexity index is 256. The van der Waals surface area contributed by atoms with Crippen LogP contribution in [0.25, 0.3) is 0 Å². The lowest BCUT2D eigenvalue weighted by Crippen LogP contribution is -2.43. The van der Waals surface area contributed by atoms with E-state index >= 15 is 0 Å². The van der Waals surface area contributed by atoms with Crippen LogP contribution in [0.2, 0.25) is 0 Å². The van der Waals surface area contributed by atoms with Crippen molar-refractivity contribution < 1.29 is 10.0 Å². The Balaban J connectivity index is 4.46. The van der Waals surface area contributed by atoms with Crippen LogP contribution in [0.3, 0.4) is 0 Å². The van der Waals surface area contributed by atoms with Crippen LogP contribution in [0, 0.1) is 5.41 Å².